The van der Waals surface area contributed by atoms with Crippen LogP contribution in [-0.2, 0) is 11.1 Å². The highest BCUT2D eigenvalue weighted by Crippen LogP contribution is 1.93. The second-order valence-electron chi connectivity index (χ2n) is 0.537. The fourth-order valence-corrected chi connectivity index (χ4v) is 0. The molecule has 0 amide bonds. The van der Waals surface area contributed by atoms with E-state index in [1.165, 1.54) is 0 Å². The molecule has 0 fully saturated rings. The summed E-state index contributed by atoms with van der Waals surface area (Å²) in [5.74, 6) is -3.12. The lowest BCUT2D eigenvalue weighted by atomic mass is 11.7. The molecule has 1 unspecified atom stereocenters. The van der Waals surface area contributed by atoms with Gasteiger partial charge in [-0.1, -0.05) is 0 Å². The fourth-order valence-electron chi connectivity index (χ4n) is 0. The third-order valence-electron chi connectivity index (χ3n) is 0.152. The third kappa shape index (κ3) is 5.93. The first kappa shape index (κ1) is 10.0. The molecule has 7 heavy (non-hydrogen) atoms. The van der Waals surface area contributed by atoms with Gasteiger partial charge in [-0.2, -0.15) is 8.78 Å². The Morgan fingerprint density at radius 2 is 1.71 bits per heavy atom. The van der Waals surface area contributed by atoms with E-state index in [1.54, 1.807) is 0 Å². The molecular weight excluding hydrogens is 130 g/mol. The second-order valence-corrected chi connectivity index (χ2v) is 1.45. The molecular formula is CH4F2O3S. The van der Waals surface area contributed by atoms with Crippen LogP contribution in [0.2, 0.25) is 0 Å². The average Bonchev–Trinajstić information content (AvgIpc) is 1.36. The maximum atomic E-state index is 10.6. The number of rotatable bonds is 1. The summed E-state index contributed by atoms with van der Waals surface area (Å²) in [5, 5.41) is 0. The van der Waals surface area contributed by atoms with Crippen molar-refractivity contribution in [1.29, 1.82) is 0 Å². The number of hydrogen-bond acceptors (Lipinski definition) is 1. The van der Waals surface area contributed by atoms with E-state index in [1.807, 2.05) is 0 Å². The van der Waals surface area contributed by atoms with Gasteiger partial charge >= 0.3 is 5.76 Å². The van der Waals surface area contributed by atoms with Crippen LogP contribution in [0.25, 0.3) is 0 Å². The number of alkyl halides is 2. The second kappa shape index (κ2) is 4.10. The minimum absolute atomic E-state index is 0. The van der Waals surface area contributed by atoms with Crippen molar-refractivity contribution in [2.45, 2.75) is 5.76 Å². The molecule has 0 rings (SSSR count). The molecule has 6 heteroatoms. The predicted octanol–water partition coefficient (Wildman–Crippen LogP) is -0.394. The Labute approximate surface area is 40.9 Å². The Kier molecular flexibility index (Phi) is 5.87. The molecule has 1 atom stereocenters. The Hall–Kier alpha value is -0.0700. The maximum Gasteiger partial charge on any atom is 0.336 e. The highest BCUT2D eigenvalue weighted by molar-refractivity contribution is 7.79. The molecule has 3 nitrogen and oxygen atoms in total. The summed E-state index contributed by atoms with van der Waals surface area (Å²) in [5.41, 5.74) is 0. The molecule has 0 aliphatic heterocycles. The minimum Gasteiger partial charge on any atom is -0.412 e. The van der Waals surface area contributed by atoms with Gasteiger partial charge in [0, 0.05) is 0 Å². The van der Waals surface area contributed by atoms with Crippen molar-refractivity contribution in [3.8, 4) is 0 Å². The summed E-state index contributed by atoms with van der Waals surface area (Å²) in [6.45, 7) is 0. The van der Waals surface area contributed by atoms with Gasteiger partial charge in [0.05, 0.1) is 0 Å². The maximum absolute atomic E-state index is 10.6. The van der Waals surface area contributed by atoms with Crippen molar-refractivity contribution in [2.24, 2.45) is 0 Å². The van der Waals surface area contributed by atoms with Gasteiger partial charge in [-0.25, -0.2) is 4.21 Å². The molecule has 0 aromatic heterocycles. The first-order chi connectivity index (χ1) is 2.64. The van der Waals surface area contributed by atoms with Crippen LogP contribution in [0.5, 0.6) is 0 Å². The van der Waals surface area contributed by atoms with Gasteiger partial charge in [-0.05, 0) is 0 Å². The Balaban J connectivity index is 0. The zero-order valence-electron chi connectivity index (χ0n) is 3.10. The molecule has 0 radical (unpaired) electrons. The van der Waals surface area contributed by atoms with Crippen LogP contribution >= 0.6 is 0 Å². The van der Waals surface area contributed by atoms with E-state index in [0.29, 0.717) is 0 Å². The molecule has 0 saturated heterocycles. The van der Waals surface area contributed by atoms with Gasteiger partial charge in [0.15, 0.2) is 0 Å². The van der Waals surface area contributed by atoms with Crippen molar-refractivity contribution in [1.82, 2.24) is 0 Å². The zero-order valence-corrected chi connectivity index (χ0v) is 3.91. The molecule has 0 saturated carbocycles. The van der Waals surface area contributed by atoms with E-state index < -0.39 is 16.8 Å². The largest absolute Gasteiger partial charge is 0.412 e. The van der Waals surface area contributed by atoms with Crippen molar-refractivity contribution in [3.05, 3.63) is 0 Å². The molecule has 46 valence electrons. The standard InChI is InChI=1S/CH2F2O2S.H2O/c2-1(3)6(4)5;/h1H,(H,4,5);1H2. The van der Waals surface area contributed by atoms with E-state index >= 15 is 0 Å². The van der Waals surface area contributed by atoms with Gasteiger partial charge in [0.1, 0.15) is 0 Å². The van der Waals surface area contributed by atoms with E-state index in [-0.39, 0.29) is 5.48 Å². The van der Waals surface area contributed by atoms with E-state index in [2.05, 4.69) is 0 Å². The summed E-state index contributed by atoms with van der Waals surface area (Å²) in [7, 11) is 0. The van der Waals surface area contributed by atoms with Crippen LogP contribution in [0.4, 0.5) is 8.78 Å². The summed E-state index contributed by atoms with van der Waals surface area (Å²) >= 11 is -2.95. The van der Waals surface area contributed by atoms with E-state index in [4.69, 9.17) is 8.76 Å². The Morgan fingerprint density at radius 3 is 1.71 bits per heavy atom. The monoisotopic (exact) mass is 134 g/mol. The normalized spacial score (nSPS) is 13.1. The minimum atomic E-state index is -3.12. The third-order valence-corrected chi connectivity index (χ3v) is 0.457. The topological polar surface area (TPSA) is 68.8 Å². The first-order valence-electron chi connectivity index (χ1n) is 1.02. The Morgan fingerprint density at radius 1 is 1.57 bits per heavy atom. The number of halogens is 2. The average molecular weight is 134 g/mol. The molecule has 3 N–H and O–H groups in total. The van der Waals surface area contributed by atoms with Gasteiger partial charge < -0.3 is 10.0 Å². The zero-order chi connectivity index (χ0) is 5.15. The summed E-state index contributed by atoms with van der Waals surface area (Å²) in [4.78, 5) is 0. The first-order valence-corrected chi connectivity index (χ1v) is 2.19. The van der Waals surface area contributed by atoms with Crippen LogP contribution in [-0.4, -0.2) is 20.0 Å². The lowest BCUT2D eigenvalue weighted by molar-refractivity contribution is 0.231. The lowest BCUT2D eigenvalue weighted by Gasteiger charge is -1.82. The van der Waals surface area contributed by atoms with Gasteiger partial charge in [-0.15, -0.1) is 0 Å². The molecule has 0 spiro atoms. The molecule has 0 aliphatic carbocycles. The highest BCUT2D eigenvalue weighted by Gasteiger charge is 2.06. The molecule has 0 aromatic carbocycles. The van der Waals surface area contributed by atoms with Gasteiger partial charge in [0.25, 0.3) is 0 Å². The quantitative estimate of drug-likeness (QED) is 0.496. The van der Waals surface area contributed by atoms with Crippen LogP contribution in [0.15, 0.2) is 0 Å². The highest BCUT2D eigenvalue weighted by atomic mass is 32.2. The van der Waals surface area contributed by atoms with Crippen LogP contribution in [0.3, 0.4) is 0 Å². The fraction of sp³-hybridized carbons (Fsp3) is 1.00. The van der Waals surface area contributed by atoms with Gasteiger partial charge in [-0.3, -0.25) is 0 Å². The van der Waals surface area contributed by atoms with E-state index in [9.17, 15) is 8.78 Å². The molecule has 0 heterocycles. The van der Waals surface area contributed by atoms with E-state index in [0.717, 1.165) is 0 Å². The lowest BCUT2D eigenvalue weighted by Crippen LogP contribution is -1.97. The molecule has 0 aromatic rings. The molecule has 0 bridgehead atoms. The SMILES string of the molecule is O.O=S(O)C(F)F. The smallest absolute Gasteiger partial charge is 0.336 e. The molecule has 0 aliphatic rings. The van der Waals surface area contributed by atoms with Crippen molar-refractivity contribution < 1.29 is 23.0 Å². The van der Waals surface area contributed by atoms with Crippen LogP contribution in [0.1, 0.15) is 0 Å². The number of hydrogen-bond donors (Lipinski definition) is 1. The van der Waals surface area contributed by atoms with Crippen molar-refractivity contribution in [2.75, 3.05) is 0 Å². The predicted molar refractivity (Wildman–Crippen MR) is 20.4 cm³/mol. The van der Waals surface area contributed by atoms with Crippen molar-refractivity contribution in [3.63, 3.8) is 0 Å². The van der Waals surface area contributed by atoms with Gasteiger partial charge in [0.2, 0.25) is 11.1 Å². The van der Waals surface area contributed by atoms with Crippen molar-refractivity contribution >= 4 is 11.1 Å². The van der Waals surface area contributed by atoms with Crippen LogP contribution in [0, 0.1) is 0 Å². The summed E-state index contributed by atoms with van der Waals surface area (Å²) < 4.78 is 37.6. The van der Waals surface area contributed by atoms with Crippen LogP contribution < -0.4 is 0 Å². The summed E-state index contributed by atoms with van der Waals surface area (Å²) in [6, 6.07) is 0. The Bertz CT molecular complexity index is 64.0. The summed E-state index contributed by atoms with van der Waals surface area (Å²) in [6.07, 6.45) is 0.